The number of aromatic nitrogens is 2. The Labute approximate surface area is 163 Å². The molecular formula is C19H26FN5OS. The molecule has 1 spiro atoms. The van der Waals surface area contributed by atoms with Crippen LogP contribution in [0.2, 0.25) is 0 Å². The highest BCUT2D eigenvalue weighted by Gasteiger charge is 2.47. The minimum absolute atomic E-state index is 0.0863. The van der Waals surface area contributed by atoms with Gasteiger partial charge in [-0.05, 0) is 33.4 Å². The molecule has 1 aromatic heterocycles. The van der Waals surface area contributed by atoms with Gasteiger partial charge < -0.3 is 15.4 Å². The Hall–Kier alpha value is -1.77. The summed E-state index contributed by atoms with van der Waals surface area (Å²) in [6, 6.07) is 0.0942. The van der Waals surface area contributed by atoms with Crippen molar-refractivity contribution < 1.29 is 9.13 Å². The number of ether oxygens (including phenoxy) is 1. The van der Waals surface area contributed by atoms with E-state index in [2.05, 4.69) is 33.5 Å². The molecule has 146 valence electrons. The second kappa shape index (κ2) is 8.50. The minimum atomic E-state index is -0.436. The van der Waals surface area contributed by atoms with E-state index in [1.807, 2.05) is 0 Å². The molecule has 2 atom stereocenters. The Morgan fingerprint density at radius 3 is 2.70 bits per heavy atom. The van der Waals surface area contributed by atoms with E-state index in [1.54, 1.807) is 25.4 Å². The fourth-order valence-corrected chi connectivity index (χ4v) is 4.39. The second-order valence-electron chi connectivity index (χ2n) is 7.02. The van der Waals surface area contributed by atoms with Crippen molar-refractivity contribution in [3.05, 3.63) is 35.4 Å². The van der Waals surface area contributed by atoms with Crippen molar-refractivity contribution in [2.24, 2.45) is 16.1 Å². The van der Waals surface area contributed by atoms with Crippen LogP contribution in [0.4, 0.5) is 10.2 Å². The van der Waals surface area contributed by atoms with E-state index in [4.69, 9.17) is 10.5 Å². The maximum absolute atomic E-state index is 13.9. The third-order valence-corrected chi connectivity index (χ3v) is 6.53. The molecule has 6 nitrogen and oxygen atoms in total. The van der Waals surface area contributed by atoms with Gasteiger partial charge in [-0.15, -0.1) is 0 Å². The molecule has 2 N–H and O–H groups in total. The second-order valence-corrected chi connectivity index (χ2v) is 8.08. The smallest absolute Gasteiger partial charge is 0.155 e. The summed E-state index contributed by atoms with van der Waals surface area (Å²) in [6.45, 7) is 9.60. The first-order chi connectivity index (χ1) is 13.0. The average molecular weight is 392 g/mol. The van der Waals surface area contributed by atoms with Crippen molar-refractivity contribution in [1.82, 2.24) is 9.97 Å². The number of anilines is 1. The number of aliphatic imine (C=N–C) groups is 1. The van der Waals surface area contributed by atoms with Gasteiger partial charge in [0.1, 0.15) is 10.8 Å². The molecule has 3 heterocycles. The fourth-order valence-electron chi connectivity index (χ4n) is 3.68. The first kappa shape index (κ1) is 20.0. The van der Waals surface area contributed by atoms with Gasteiger partial charge in [0.2, 0.25) is 0 Å². The highest BCUT2D eigenvalue weighted by Crippen LogP contribution is 2.41. The van der Waals surface area contributed by atoms with E-state index in [9.17, 15) is 4.39 Å². The highest BCUT2D eigenvalue weighted by molar-refractivity contribution is 8.03. The summed E-state index contributed by atoms with van der Waals surface area (Å²) in [7, 11) is 0. The molecule has 0 bridgehead atoms. The third kappa shape index (κ3) is 4.23. The zero-order valence-electron chi connectivity index (χ0n) is 15.8. The summed E-state index contributed by atoms with van der Waals surface area (Å²) in [4.78, 5) is 15.1. The molecule has 2 aliphatic heterocycles. The maximum Gasteiger partial charge on any atom is 0.155 e. The van der Waals surface area contributed by atoms with Gasteiger partial charge in [0.15, 0.2) is 5.83 Å². The molecular weight excluding hydrogens is 365 g/mol. The lowest BCUT2D eigenvalue weighted by Gasteiger charge is -2.41. The number of thioether (sulfide) groups is 1. The topological polar surface area (TPSA) is 76.6 Å². The van der Waals surface area contributed by atoms with Crippen LogP contribution >= 0.6 is 11.8 Å². The van der Waals surface area contributed by atoms with Crippen molar-refractivity contribution in [2.75, 3.05) is 24.6 Å². The molecule has 0 radical (unpaired) electrons. The maximum atomic E-state index is 13.9. The van der Waals surface area contributed by atoms with Crippen LogP contribution in [0.25, 0.3) is 0 Å². The van der Waals surface area contributed by atoms with Crippen LogP contribution < -0.4 is 10.6 Å². The van der Waals surface area contributed by atoms with Gasteiger partial charge >= 0.3 is 0 Å². The minimum Gasteiger partial charge on any atom is -0.376 e. The molecule has 0 unspecified atom stereocenters. The Bertz CT molecular complexity index is 728. The predicted octanol–water partition coefficient (Wildman–Crippen LogP) is 3.32. The summed E-state index contributed by atoms with van der Waals surface area (Å²) in [5.74, 6) is 0.398. The van der Waals surface area contributed by atoms with Crippen LogP contribution in [0.1, 0.15) is 26.7 Å². The van der Waals surface area contributed by atoms with Gasteiger partial charge in [-0.1, -0.05) is 17.8 Å². The number of hydrogen-bond donors (Lipinski definition) is 1. The van der Waals surface area contributed by atoms with Gasteiger partial charge in [0.05, 0.1) is 31.3 Å². The van der Waals surface area contributed by atoms with E-state index < -0.39 is 5.83 Å². The summed E-state index contributed by atoms with van der Waals surface area (Å²) in [5, 5.41) is 0.632. The molecule has 2 saturated heterocycles. The summed E-state index contributed by atoms with van der Waals surface area (Å²) in [6.07, 6.45) is 8.29. The number of halogens is 1. The molecule has 0 aliphatic carbocycles. The molecule has 2 fully saturated rings. The predicted molar refractivity (Wildman–Crippen MR) is 108 cm³/mol. The van der Waals surface area contributed by atoms with Crippen molar-refractivity contribution in [2.45, 2.75) is 43.9 Å². The highest BCUT2D eigenvalue weighted by atomic mass is 32.2. The average Bonchev–Trinajstić information content (AvgIpc) is 2.96. The Balaban J connectivity index is 1.62. The van der Waals surface area contributed by atoms with Gasteiger partial charge in [0.25, 0.3) is 0 Å². The Morgan fingerprint density at radius 2 is 2.19 bits per heavy atom. The number of allylic oxidation sites excluding steroid dienone is 2. The van der Waals surface area contributed by atoms with Gasteiger partial charge in [-0.2, -0.15) is 0 Å². The van der Waals surface area contributed by atoms with Crippen LogP contribution in [0.3, 0.4) is 0 Å². The lowest BCUT2D eigenvalue weighted by atomic mass is 9.73. The van der Waals surface area contributed by atoms with E-state index >= 15 is 0 Å². The summed E-state index contributed by atoms with van der Waals surface area (Å²) >= 11 is 1.21. The number of rotatable bonds is 5. The fraction of sp³-hybridized carbons (Fsp3) is 0.526. The molecule has 0 aromatic carbocycles. The molecule has 8 heteroatoms. The van der Waals surface area contributed by atoms with Crippen LogP contribution in [-0.2, 0) is 4.74 Å². The normalized spacial score (nSPS) is 25.9. The first-order valence-corrected chi connectivity index (χ1v) is 9.91. The number of hydrogen-bond acceptors (Lipinski definition) is 7. The lowest BCUT2D eigenvalue weighted by molar-refractivity contribution is 0.0974. The molecule has 1 aromatic rings. The largest absolute Gasteiger partial charge is 0.376 e. The Morgan fingerprint density at radius 1 is 1.44 bits per heavy atom. The first-order valence-electron chi connectivity index (χ1n) is 9.09. The van der Waals surface area contributed by atoms with Crippen molar-refractivity contribution >= 4 is 24.3 Å². The van der Waals surface area contributed by atoms with Crippen molar-refractivity contribution in [3.8, 4) is 0 Å². The number of nitrogens with two attached hydrogens (primary N) is 1. The SMILES string of the molecule is C=N/C=C(F)\C(=C/C)Sc1cnc(N2CCC3(CC2)CO[C@@H](C)[C@H]3N)cn1. The van der Waals surface area contributed by atoms with E-state index in [-0.39, 0.29) is 17.6 Å². The third-order valence-electron chi connectivity index (χ3n) is 5.46. The lowest BCUT2D eigenvalue weighted by Crippen LogP contribution is -2.50. The van der Waals surface area contributed by atoms with E-state index in [1.165, 1.54) is 11.8 Å². The van der Waals surface area contributed by atoms with E-state index in [0.29, 0.717) is 9.93 Å². The zero-order valence-corrected chi connectivity index (χ0v) is 16.6. The molecule has 0 saturated carbocycles. The van der Waals surface area contributed by atoms with Crippen molar-refractivity contribution in [3.63, 3.8) is 0 Å². The Kier molecular flexibility index (Phi) is 6.29. The van der Waals surface area contributed by atoms with Gasteiger partial charge in [-0.25, -0.2) is 14.4 Å². The quantitative estimate of drug-likeness (QED) is 0.471. The molecule has 27 heavy (non-hydrogen) atoms. The molecule has 2 aliphatic rings. The standard InChI is InChI=1S/C19H26FN5OS/c1-4-15(14(20)9-22-3)27-17-11-23-16(10-24-17)25-7-5-19(6-8-25)12-26-13(2)18(19)21/h4,9-11,13,18H,3,5-8,12,21H2,1-2H3/b14-9+,15-4+/t13-,18+/m0/s1. The van der Waals surface area contributed by atoms with Crippen LogP contribution in [-0.4, -0.2) is 48.5 Å². The molecule has 0 amide bonds. The zero-order chi connectivity index (χ0) is 19.4. The molecule has 3 rings (SSSR count). The monoisotopic (exact) mass is 391 g/mol. The van der Waals surface area contributed by atoms with Crippen molar-refractivity contribution in [1.29, 1.82) is 0 Å². The van der Waals surface area contributed by atoms with Gasteiger partial charge in [0, 0.05) is 29.5 Å². The number of nitrogens with zero attached hydrogens (tertiary/aromatic N) is 4. The van der Waals surface area contributed by atoms with Crippen LogP contribution in [0, 0.1) is 5.41 Å². The van der Waals surface area contributed by atoms with Crippen LogP contribution in [0.15, 0.2) is 45.4 Å². The summed E-state index contributed by atoms with van der Waals surface area (Å²) < 4.78 is 19.7. The number of piperidine rings is 1. The van der Waals surface area contributed by atoms with E-state index in [0.717, 1.165) is 44.6 Å². The van der Waals surface area contributed by atoms with Crippen LogP contribution in [0.5, 0.6) is 0 Å². The summed E-state index contributed by atoms with van der Waals surface area (Å²) in [5.41, 5.74) is 6.46. The van der Waals surface area contributed by atoms with Gasteiger partial charge in [-0.3, -0.25) is 4.99 Å².